The highest BCUT2D eigenvalue weighted by molar-refractivity contribution is 4.78. The zero-order valence-electron chi connectivity index (χ0n) is 8.52. The van der Waals surface area contributed by atoms with Crippen LogP contribution in [0.4, 0.5) is 4.39 Å². The van der Waals surface area contributed by atoms with E-state index in [1.165, 1.54) is 19.3 Å². The van der Waals surface area contributed by atoms with Crippen LogP contribution >= 0.6 is 0 Å². The van der Waals surface area contributed by atoms with E-state index in [4.69, 9.17) is 0 Å². The molecule has 0 aromatic carbocycles. The van der Waals surface area contributed by atoms with Crippen molar-refractivity contribution >= 4 is 0 Å². The molecule has 4 unspecified atom stereocenters. The van der Waals surface area contributed by atoms with E-state index in [0.29, 0.717) is 11.8 Å². The van der Waals surface area contributed by atoms with Gasteiger partial charge in [0, 0.05) is 0 Å². The first-order valence-corrected chi connectivity index (χ1v) is 5.27. The Morgan fingerprint density at radius 3 is 2.33 bits per heavy atom. The van der Waals surface area contributed by atoms with Crippen molar-refractivity contribution in [3.05, 3.63) is 0 Å². The largest absolute Gasteiger partial charge is 0.247 e. The second-order valence-electron chi connectivity index (χ2n) is 4.46. The summed E-state index contributed by atoms with van der Waals surface area (Å²) in [6.07, 6.45) is 4.32. The van der Waals surface area contributed by atoms with Crippen LogP contribution in [0, 0.1) is 17.8 Å². The van der Waals surface area contributed by atoms with Gasteiger partial charge in [0.15, 0.2) is 0 Å². The third-order valence-corrected chi connectivity index (χ3v) is 3.61. The molecule has 1 heteroatoms. The standard InChI is InChI=1S/C11H21F/c1-8-6-4-5-7-11(9(8)2)10(3)12/h8-11H,4-7H2,1-3H3. The van der Waals surface area contributed by atoms with Gasteiger partial charge in [-0.1, -0.05) is 33.1 Å². The molecule has 0 N–H and O–H groups in total. The molecule has 0 aromatic heterocycles. The van der Waals surface area contributed by atoms with Gasteiger partial charge >= 0.3 is 0 Å². The predicted molar refractivity (Wildman–Crippen MR) is 50.9 cm³/mol. The number of halogens is 1. The first-order chi connectivity index (χ1) is 5.63. The van der Waals surface area contributed by atoms with Crippen LogP contribution in [0.5, 0.6) is 0 Å². The van der Waals surface area contributed by atoms with E-state index in [-0.39, 0.29) is 0 Å². The highest BCUT2D eigenvalue weighted by Gasteiger charge is 2.29. The minimum Gasteiger partial charge on any atom is -0.247 e. The molecule has 0 bridgehead atoms. The van der Waals surface area contributed by atoms with Crippen LogP contribution in [0.15, 0.2) is 0 Å². The minimum absolute atomic E-state index is 0.322. The molecule has 0 amide bonds. The van der Waals surface area contributed by atoms with Crippen molar-refractivity contribution in [2.45, 2.75) is 52.6 Å². The molecule has 0 spiro atoms. The first-order valence-electron chi connectivity index (χ1n) is 5.27. The Kier molecular flexibility index (Phi) is 3.54. The Labute approximate surface area is 75.5 Å². The summed E-state index contributed by atoms with van der Waals surface area (Å²) in [4.78, 5) is 0. The molecule has 0 radical (unpaired) electrons. The van der Waals surface area contributed by atoms with Crippen LogP contribution in [0.2, 0.25) is 0 Å². The molecule has 1 saturated carbocycles. The quantitative estimate of drug-likeness (QED) is 0.528. The lowest BCUT2D eigenvalue weighted by Crippen LogP contribution is -2.23. The first kappa shape index (κ1) is 10.0. The summed E-state index contributed by atoms with van der Waals surface area (Å²) in [5.41, 5.74) is 0. The van der Waals surface area contributed by atoms with E-state index in [1.807, 2.05) is 0 Å². The Hall–Kier alpha value is -0.0700. The molecular weight excluding hydrogens is 151 g/mol. The average Bonchev–Trinajstić information content (AvgIpc) is 2.15. The highest BCUT2D eigenvalue weighted by atomic mass is 19.1. The summed E-state index contributed by atoms with van der Waals surface area (Å²) in [5.74, 6) is 1.62. The van der Waals surface area contributed by atoms with E-state index < -0.39 is 6.17 Å². The maximum Gasteiger partial charge on any atom is 0.100 e. The summed E-state index contributed by atoms with van der Waals surface area (Å²) in [7, 11) is 0. The maximum atomic E-state index is 13.2. The van der Waals surface area contributed by atoms with Gasteiger partial charge in [-0.2, -0.15) is 0 Å². The van der Waals surface area contributed by atoms with Gasteiger partial charge in [0.05, 0.1) is 0 Å². The molecule has 0 nitrogen and oxygen atoms in total. The third-order valence-electron chi connectivity index (χ3n) is 3.61. The molecule has 72 valence electrons. The molecule has 0 saturated heterocycles. The molecule has 1 rings (SSSR count). The fraction of sp³-hybridized carbons (Fsp3) is 1.00. The van der Waals surface area contributed by atoms with E-state index in [2.05, 4.69) is 13.8 Å². The van der Waals surface area contributed by atoms with Gasteiger partial charge in [0.2, 0.25) is 0 Å². The minimum atomic E-state index is -0.611. The van der Waals surface area contributed by atoms with Gasteiger partial charge in [0.1, 0.15) is 6.17 Å². The lowest BCUT2D eigenvalue weighted by Gasteiger charge is -2.26. The summed E-state index contributed by atoms with van der Waals surface area (Å²) in [5, 5.41) is 0. The highest BCUT2D eigenvalue weighted by Crippen LogP contribution is 2.35. The zero-order chi connectivity index (χ0) is 9.14. The van der Waals surface area contributed by atoms with Gasteiger partial charge in [-0.05, 0) is 31.1 Å². The van der Waals surface area contributed by atoms with Crippen molar-refractivity contribution in [2.24, 2.45) is 17.8 Å². The summed E-state index contributed by atoms with van der Waals surface area (Å²) in [6.45, 7) is 6.21. The number of hydrogen-bond donors (Lipinski definition) is 0. The van der Waals surface area contributed by atoms with Gasteiger partial charge in [-0.3, -0.25) is 0 Å². The van der Waals surface area contributed by atoms with Crippen LogP contribution in [0.3, 0.4) is 0 Å². The van der Waals surface area contributed by atoms with Gasteiger partial charge < -0.3 is 0 Å². The van der Waals surface area contributed by atoms with E-state index in [1.54, 1.807) is 6.92 Å². The molecule has 0 aliphatic heterocycles. The average molecular weight is 172 g/mol. The van der Waals surface area contributed by atoms with Crippen LogP contribution < -0.4 is 0 Å². The SMILES string of the molecule is CC(F)C1CCCCC(C)C1C. The van der Waals surface area contributed by atoms with E-state index >= 15 is 0 Å². The maximum absolute atomic E-state index is 13.2. The lowest BCUT2D eigenvalue weighted by molar-refractivity contribution is 0.152. The smallest absolute Gasteiger partial charge is 0.100 e. The lowest BCUT2D eigenvalue weighted by atomic mass is 9.81. The molecule has 0 aromatic rings. The second kappa shape index (κ2) is 4.25. The Bertz CT molecular complexity index is 131. The van der Waals surface area contributed by atoms with Crippen LogP contribution in [-0.4, -0.2) is 6.17 Å². The van der Waals surface area contributed by atoms with Crippen molar-refractivity contribution in [1.82, 2.24) is 0 Å². The fourth-order valence-corrected chi connectivity index (χ4v) is 2.44. The van der Waals surface area contributed by atoms with Crippen LogP contribution in [0.1, 0.15) is 46.5 Å². The van der Waals surface area contributed by atoms with Gasteiger partial charge in [-0.15, -0.1) is 0 Å². The molecule has 1 fully saturated rings. The molecule has 0 heterocycles. The van der Waals surface area contributed by atoms with Crippen molar-refractivity contribution in [3.63, 3.8) is 0 Å². The van der Waals surface area contributed by atoms with Crippen molar-refractivity contribution in [2.75, 3.05) is 0 Å². The molecule has 1 aliphatic rings. The molecule has 1 aliphatic carbocycles. The zero-order valence-corrected chi connectivity index (χ0v) is 8.52. The topological polar surface area (TPSA) is 0 Å². The predicted octanol–water partition coefficient (Wildman–Crippen LogP) is 3.81. The summed E-state index contributed by atoms with van der Waals surface area (Å²) >= 11 is 0. The summed E-state index contributed by atoms with van der Waals surface area (Å²) < 4.78 is 13.2. The van der Waals surface area contributed by atoms with Crippen molar-refractivity contribution in [3.8, 4) is 0 Å². The fourth-order valence-electron chi connectivity index (χ4n) is 2.44. The van der Waals surface area contributed by atoms with Crippen LogP contribution in [-0.2, 0) is 0 Å². The monoisotopic (exact) mass is 172 g/mol. The summed E-state index contributed by atoms with van der Waals surface area (Å²) in [6, 6.07) is 0. The van der Waals surface area contributed by atoms with Crippen LogP contribution in [0.25, 0.3) is 0 Å². The Balaban J connectivity index is 2.58. The number of rotatable bonds is 1. The second-order valence-corrected chi connectivity index (χ2v) is 4.46. The van der Waals surface area contributed by atoms with Gasteiger partial charge in [-0.25, -0.2) is 4.39 Å². The number of hydrogen-bond acceptors (Lipinski definition) is 0. The normalized spacial score (nSPS) is 40.5. The van der Waals surface area contributed by atoms with Gasteiger partial charge in [0.25, 0.3) is 0 Å². The third kappa shape index (κ3) is 2.21. The number of alkyl halides is 1. The molecule has 4 atom stereocenters. The Morgan fingerprint density at radius 1 is 1.17 bits per heavy atom. The van der Waals surface area contributed by atoms with E-state index in [9.17, 15) is 4.39 Å². The van der Waals surface area contributed by atoms with E-state index in [0.717, 1.165) is 12.3 Å². The molecular formula is C11H21F. The molecule has 12 heavy (non-hydrogen) atoms. The van der Waals surface area contributed by atoms with Crippen molar-refractivity contribution in [1.29, 1.82) is 0 Å². The van der Waals surface area contributed by atoms with Crippen molar-refractivity contribution < 1.29 is 4.39 Å². The Morgan fingerprint density at radius 2 is 1.75 bits per heavy atom.